The van der Waals surface area contributed by atoms with Crippen LogP contribution in [-0.2, 0) is 64.0 Å². The number of unbranched alkanes of at least 4 members (excludes halogenated alkanes) is 1. The van der Waals surface area contributed by atoms with E-state index in [0.29, 0.717) is 56.4 Å². The van der Waals surface area contributed by atoms with E-state index < -0.39 is 133 Å². The Morgan fingerprint density at radius 2 is 0.711 bits per heavy atom. The summed E-state index contributed by atoms with van der Waals surface area (Å²) in [5.74, 6) is -10.1. The summed E-state index contributed by atoms with van der Waals surface area (Å²) in [6.07, 6.45) is 6.79. The van der Waals surface area contributed by atoms with Crippen molar-refractivity contribution in [3.05, 3.63) is 36.0 Å². The minimum absolute atomic E-state index is 0.0718. The van der Waals surface area contributed by atoms with Crippen LogP contribution in [0.1, 0.15) is 106 Å². The number of hydrogen-bond acceptors (Lipinski definition) is 28. The number of carbonyl (C=O) groups is 12. The van der Waals surface area contributed by atoms with Crippen LogP contribution in [0.3, 0.4) is 0 Å². The van der Waals surface area contributed by atoms with Crippen molar-refractivity contribution < 1.29 is 124 Å². The SMILES string of the molecule is CC(C)C[C@H](N)C(=O)O.CC(C)C[C@H](N)C(=O)O.CC(C)C[C@H](N)C(=O)O.CC[C@H](C)[C@H](N)C(=O)O.NCC(=O)O.NCC(=O)O.NCC(=O)O.NCCCC[C@H](N)C(=O)O.N[C@@H](CO)C(=O)O.N[C@@H](CS)C(=O)O.N[C@@H](CS)C(=O)O.N[C@@H](Cc1c[nH]c2ccccc12)C(=O)O. The zero-order valence-electron chi connectivity index (χ0n) is 56.1. The van der Waals surface area contributed by atoms with Crippen molar-refractivity contribution in [2.75, 3.05) is 44.3 Å². The smallest absolute Gasteiger partial charge is 0.322 e. The van der Waals surface area contributed by atoms with Gasteiger partial charge in [-0.1, -0.05) is 86.4 Å². The van der Waals surface area contributed by atoms with Crippen molar-refractivity contribution in [1.82, 2.24) is 4.98 Å². The van der Waals surface area contributed by atoms with Gasteiger partial charge in [0, 0.05) is 35.0 Å². The van der Waals surface area contributed by atoms with Crippen molar-refractivity contribution in [1.29, 1.82) is 0 Å². The fourth-order valence-electron chi connectivity index (χ4n) is 4.81. The molecule has 0 spiro atoms. The Balaban J connectivity index is -0.000000108. The molecule has 97 heavy (non-hydrogen) atoms. The number of para-hydroxylation sites is 1. The highest BCUT2D eigenvalue weighted by Crippen LogP contribution is 2.18. The molecular weight excluding hydrogens is 1330 g/mol. The van der Waals surface area contributed by atoms with E-state index in [9.17, 15) is 57.5 Å². The van der Waals surface area contributed by atoms with Gasteiger partial charge in [-0.2, -0.15) is 25.3 Å². The van der Waals surface area contributed by atoms with Crippen LogP contribution >= 0.6 is 25.3 Å². The Labute approximate surface area is 574 Å². The molecule has 0 radical (unpaired) electrons. The third-order valence-corrected chi connectivity index (χ3v) is 11.2. The van der Waals surface area contributed by atoms with Gasteiger partial charge < -0.3 is 146 Å². The number of carboxylic acids is 12. The monoisotopic (exact) mass is 1450 g/mol. The van der Waals surface area contributed by atoms with Crippen LogP contribution < -0.4 is 74.5 Å². The Morgan fingerprint density at radius 1 is 0.423 bits per heavy atom. The Hall–Kier alpha value is -7.46. The summed E-state index contributed by atoms with van der Waals surface area (Å²) in [7, 11) is 0. The average molecular weight is 1450 g/mol. The van der Waals surface area contributed by atoms with Crippen molar-refractivity contribution >= 4 is 108 Å². The maximum absolute atomic E-state index is 10.6. The summed E-state index contributed by atoms with van der Waals surface area (Å²) < 4.78 is 0. The van der Waals surface area contributed by atoms with Gasteiger partial charge in [-0.25, -0.2) is 0 Å². The Bertz CT molecular complexity index is 2290. The highest BCUT2D eigenvalue weighted by atomic mass is 32.1. The van der Waals surface area contributed by atoms with Crippen LogP contribution in [0.25, 0.3) is 10.9 Å². The third kappa shape index (κ3) is 86.5. The number of nitrogens with one attached hydrogen (secondary N) is 1. The normalized spacial score (nSPS) is 12.8. The first-order valence-electron chi connectivity index (χ1n) is 29.1. The second-order valence-electron chi connectivity index (χ2n) is 20.9. The summed E-state index contributed by atoms with van der Waals surface area (Å²) in [5, 5.41) is 106. The minimum atomic E-state index is -1.18. The lowest BCUT2D eigenvalue weighted by atomic mass is 10.0. The lowest BCUT2D eigenvalue weighted by Crippen LogP contribution is -2.36. The number of aromatic nitrogens is 1. The van der Waals surface area contributed by atoms with Gasteiger partial charge in [0.1, 0.15) is 54.4 Å². The first-order valence-corrected chi connectivity index (χ1v) is 30.4. The van der Waals surface area contributed by atoms with E-state index in [1.54, 1.807) is 0 Å². The second kappa shape index (κ2) is 71.3. The second-order valence-corrected chi connectivity index (χ2v) is 21.6. The standard InChI is InChI=1S/C11H12N2O2.C6H14N2O2.4C6H13NO2.C3H7NO3.2C3H7NO2S.3C2H5NO2/c12-9(11(14)15)5-7-6-13-10-4-2-1-3-8(7)10;7-4-2-1-3-5(8)6(9)10;3*1-4(2)3-5(7)6(8)9;1-3-4(2)5(7)6(8)9;4-2(1-5)3(6)7;2*4-2(1-7)3(5)6;3*3-1-2(4)5/h1-4,6,9,13H,5,12H2,(H,14,15);5H,1-4,7-8H2,(H,9,10);4*4-5H,3,7H2,1-2H3,(H,8,9);2,5H,1,4H2,(H,6,7);2*2,7H,1,4H2,(H,5,6);3*1,3H2,(H,4,5)/t9-;4*5-;4-,5-;3*2-;;;/m000000000.../s1. The molecule has 0 bridgehead atoms. The molecule has 1 aromatic carbocycles. The molecule has 0 unspecified atom stereocenters. The molecule has 0 aliphatic heterocycles. The summed E-state index contributed by atoms with van der Waals surface area (Å²) in [6.45, 7) is 14.7. The van der Waals surface area contributed by atoms with Gasteiger partial charge in [-0.05, 0) is 74.0 Å². The number of aliphatic hydroxyl groups is 1. The van der Waals surface area contributed by atoms with Crippen LogP contribution in [0.15, 0.2) is 30.5 Å². The van der Waals surface area contributed by atoms with E-state index >= 15 is 0 Å². The van der Waals surface area contributed by atoms with Crippen LogP contribution in [0.2, 0.25) is 0 Å². The van der Waals surface area contributed by atoms with E-state index in [1.165, 1.54) is 0 Å². The zero-order valence-corrected chi connectivity index (χ0v) is 57.9. The Kier molecular flexibility index (Phi) is 81.6. The molecule has 41 heteroatoms. The number of thiol groups is 2. The van der Waals surface area contributed by atoms with Crippen LogP contribution in [0.4, 0.5) is 0 Å². The van der Waals surface area contributed by atoms with Crippen molar-refractivity contribution in [2.45, 2.75) is 161 Å². The largest absolute Gasteiger partial charge is 0.480 e. The molecule has 0 saturated heterocycles. The predicted molar refractivity (Wildman–Crippen MR) is 368 cm³/mol. The molecule has 39 nitrogen and oxygen atoms in total. The zero-order chi connectivity index (χ0) is 79.0. The topological polar surface area (TPSA) is 822 Å². The maximum atomic E-state index is 10.6. The van der Waals surface area contributed by atoms with E-state index in [2.05, 4.69) is 47.4 Å². The number of aromatic amines is 1. The van der Waals surface area contributed by atoms with Crippen molar-refractivity contribution in [2.24, 2.45) is 98.2 Å². The van der Waals surface area contributed by atoms with E-state index in [0.717, 1.165) is 35.7 Å². The summed E-state index contributed by atoms with van der Waals surface area (Å²) >= 11 is 7.30. The molecule has 10 atom stereocenters. The molecule has 0 aliphatic carbocycles. The minimum Gasteiger partial charge on any atom is -0.480 e. The van der Waals surface area contributed by atoms with Crippen molar-refractivity contribution in [3.8, 4) is 0 Å². The summed E-state index contributed by atoms with van der Waals surface area (Å²) in [6, 6.07) is 0.671. The summed E-state index contributed by atoms with van der Waals surface area (Å²) in [5.41, 5.74) is 67.1. The van der Waals surface area contributed by atoms with E-state index in [1.807, 2.05) is 85.9 Å². The van der Waals surface area contributed by atoms with E-state index in [-0.39, 0.29) is 37.1 Å². The number of rotatable bonds is 29. The number of benzene rings is 1. The fourth-order valence-corrected chi connectivity index (χ4v) is 5.13. The molecule has 570 valence electrons. The molecule has 0 saturated carbocycles. The summed E-state index contributed by atoms with van der Waals surface area (Å²) in [4.78, 5) is 121. The van der Waals surface area contributed by atoms with Gasteiger partial charge >= 0.3 is 71.6 Å². The number of aliphatic carboxylic acids is 12. The lowest BCUT2D eigenvalue weighted by Gasteiger charge is -2.11. The highest BCUT2D eigenvalue weighted by molar-refractivity contribution is 7.80. The highest BCUT2D eigenvalue weighted by Gasteiger charge is 2.18. The van der Waals surface area contributed by atoms with E-state index in [4.69, 9.17) is 124 Å². The molecule has 2 rings (SSSR count). The number of fused-ring (bicyclic) bond motifs is 1. The van der Waals surface area contributed by atoms with Crippen LogP contribution in [-0.4, -0.2) is 242 Å². The van der Waals surface area contributed by atoms with Gasteiger partial charge in [0.15, 0.2) is 0 Å². The fraction of sp³-hybridized carbons (Fsp3) is 0.643. The Morgan fingerprint density at radius 3 is 0.887 bits per heavy atom. The molecule has 40 N–H and O–H groups in total. The quantitative estimate of drug-likeness (QED) is 0.0278. The van der Waals surface area contributed by atoms with Gasteiger partial charge in [-0.15, -0.1) is 0 Å². The van der Waals surface area contributed by atoms with Gasteiger partial charge in [-0.3, -0.25) is 57.5 Å². The predicted octanol–water partition coefficient (Wildman–Crippen LogP) is -3.44. The van der Waals surface area contributed by atoms with Gasteiger partial charge in [0.05, 0.1) is 26.2 Å². The van der Waals surface area contributed by atoms with Gasteiger partial charge in [0.25, 0.3) is 0 Å². The molecule has 1 heterocycles. The first-order chi connectivity index (χ1) is 44.4. The molecule has 1 aromatic heterocycles. The van der Waals surface area contributed by atoms with Crippen molar-refractivity contribution in [3.63, 3.8) is 0 Å². The number of hydrogen-bond donors (Lipinski definition) is 29. The lowest BCUT2D eigenvalue weighted by molar-refractivity contribution is -0.140. The molecule has 0 fully saturated rings. The number of H-pyrrole nitrogens is 1. The molecule has 0 aliphatic rings. The number of aliphatic hydroxyl groups excluding tert-OH is 1. The first kappa shape index (κ1) is 111. The number of nitrogens with two attached hydrogens (primary N) is 13. The molecule has 2 aromatic rings. The van der Waals surface area contributed by atoms with Gasteiger partial charge in [0.2, 0.25) is 0 Å². The molecular formula is C56H114N14O25S2. The average Bonchev–Trinajstić information content (AvgIpc) is 1.71. The maximum Gasteiger partial charge on any atom is 0.322 e. The number of carboxylic acid groups (broad SMARTS) is 12. The molecule has 0 amide bonds. The third-order valence-electron chi connectivity index (χ3n) is 10.5. The van der Waals surface area contributed by atoms with Crippen LogP contribution in [0.5, 0.6) is 0 Å². The van der Waals surface area contributed by atoms with Crippen LogP contribution in [0, 0.1) is 23.7 Å².